The fourth-order valence-corrected chi connectivity index (χ4v) is 3.84. The highest BCUT2D eigenvalue weighted by atomic mass is 16.5. The Hall–Kier alpha value is -0.120. The summed E-state index contributed by atoms with van der Waals surface area (Å²) in [5, 5.41) is 0. The molecule has 0 spiro atoms. The van der Waals surface area contributed by atoms with Crippen molar-refractivity contribution in [3.63, 3.8) is 0 Å². The molecule has 4 rings (SSSR count). The first-order valence-corrected chi connectivity index (χ1v) is 7.91. The smallest absolute Gasteiger partial charge is 0.0992 e. The minimum atomic E-state index is 0.373. The van der Waals surface area contributed by atoms with E-state index in [1.54, 1.807) is 0 Å². The molecule has 0 N–H and O–H groups in total. The van der Waals surface area contributed by atoms with Crippen molar-refractivity contribution >= 4 is 0 Å². The summed E-state index contributed by atoms with van der Waals surface area (Å²) >= 11 is 0. The maximum atomic E-state index is 6.12. The topological polar surface area (TPSA) is 21.7 Å². The Kier molecular flexibility index (Phi) is 3.10. The summed E-state index contributed by atoms with van der Waals surface area (Å²) < 4.78 is 12.2. The van der Waals surface area contributed by atoms with Gasteiger partial charge in [0.2, 0.25) is 0 Å². The zero-order valence-electron chi connectivity index (χ0n) is 11.2. The summed E-state index contributed by atoms with van der Waals surface area (Å²) in [5.41, 5.74) is 0. The van der Waals surface area contributed by atoms with Gasteiger partial charge in [-0.25, -0.2) is 0 Å². The van der Waals surface area contributed by atoms with E-state index in [1.807, 2.05) is 0 Å². The van der Waals surface area contributed by atoms with E-state index >= 15 is 0 Å². The van der Waals surface area contributed by atoms with Gasteiger partial charge in [0.05, 0.1) is 18.8 Å². The van der Waals surface area contributed by atoms with Crippen molar-refractivity contribution in [2.24, 2.45) is 5.92 Å². The Morgan fingerprint density at radius 1 is 1.06 bits per heavy atom. The standard InChI is InChI=1S/C15H25NO2/c1-2-12(3-1)16-8-9-17-15-13(16)6-7-14(15)18-10-11-4-5-11/h11-15H,1-10H2/t13-,14+,15+/m0/s1. The molecule has 3 heteroatoms. The maximum Gasteiger partial charge on any atom is 0.0992 e. The summed E-state index contributed by atoms with van der Waals surface area (Å²) in [5.74, 6) is 0.871. The van der Waals surface area contributed by atoms with Crippen molar-refractivity contribution in [3.05, 3.63) is 0 Å². The minimum Gasteiger partial charge on any atom is -0.375 e. The van der Waals surface area contributed by atoms with Crippen LogP contribution in [0.2, 0.25) is 0 Å². The van der Waals surface area contributed by atoms with E-state index in [0.717, 1.165) is 31.7 Å². The number of hydrogen-bond donors (Lipinski definition) is 0. The van der Waals surface area contributed by atoms with Crippen LogP contribution >= 0.6 is 0 Å². The van der Waals surface area contributed by atoms with Crippen LogP contribution in [0, 0.1) is 5.92 Å². The van der Waals surface area contributed by atoms with Gasteiger partial charge in [-0.1, -0.05) is 6.42 Å². The minimum absolute atomic E-state index is 0.373. The third kappa shape index (κ3) is 2.10. The number of morpholine rings is 1. The molecule has 1 saturated heterocycles. The number of fused-ring (bicyclic) bond motifs is 1. The summed E-state index contributed by atoms with van der Waals surface area (Å²) in [4.78, 5) is 2.75. The van der Waals surface area contributed by atoms with Crippen LogP contribution in [0.15, 0.2) is 0 Å². The fourth-order valence-electron chi connectivity index (χ4n) is 3.84. The molecular formula is C15H25NO2. The van der Waals surface area contributed by atoms with Gasteiger partial charge in [0.25, 0.3) is 0 Å². The van der Waals surface area contributed by atoms with Gasteiger partial charge in [0, 0.05) is 25.2 Å². The first kappa shape index (κ1) is 11.7. The molecule has 102 valence electrons. The zero-order valence-corrected chi connectivity index (χ0v) is 11.2. The highest BCUT2D eigenvalue weighted by Gasteiger charge is 2.46. The Labute approximate surface area is 110 Å². The molecular weight excluding hydrogens is 226 g/mol. The highest BCUT2D eigenvalue weighted by Crippen LogP contribution is 2.38. The number of hydrogen-bond acceptors (Lipinski definition) is 3. The zero-order chi connectivity index (χ0) is 11.9. The summed E-state index contributed by atoms with van der Waals surface area (Å²) in [6, 6.07) is 1.52. The second-order valence-electron chi connectivity index (χ2n) is 6.62. The van der Waals surface area contributed by atoms with Gasteiger partial charge in [-0.3, -0.25) is 4.90 Å². The Balaban J connectivity index is 1.37. The Bertz CT molecular complexity index is 301. The van der Waals surface area contributed by atoms with Gasteiger partial charge in [0.15, 0.2) is 0 Å². The Morgan fingerprint density at radius 3 is 2.67 bits per heavy atom. The van der Waals surface area contributed by atoms with Gasteiger partial charge in [-0.2, -0.15) is 0 Å². The molecule has 4 fully saturated rings. The molecule has 0 bridgehead atoms. The van der Waals surface area contributed by atoms with Crippen LogP contribution in [0.3, 0.4) is 0 Å². The third-order valence-corrected chi connectivity index (χ3v) is 5.37. The van der Waals surface area contributed by atoms with Gasteiger partial charge in [0.1, 0.15) is 0 Å². The predicted molar refractivity (Wildman–Crippen MR) is 69.6 cm³/mol. The van der Waals surface area contributed by atoms with Crippen LogP contribution in [0.4, 0.5) is 0 Å². The molecule has 0 radical (unpaired) electrons. The molecule has 0 amide bonds. The van der Waals surface area contributed by atoms with Crippen LogP contribution < -0.4 is 0 Å². The number of nitrogens with zero attached hydrogens (tertiary/aromatic N) is 1. The van der Waals surface area contributed by atoms with Crippen LogP contribution in [0.25, 0.3) is 0 Å². The molecule has 0 aromatic rings. The van der Waals surface area contributed by atoms with Crippen LogP contribution in [-0.2, 0) is 9.47 Å². The maximum absolute atomic E-state index is 6.12. The van der Waals surface area contributed by atoms with Gasteiger partial charge in [-0.05, 0) is 44.4 Å². The van der Waals surface area contributed by atoms with E-state index in [0.29, 0.717) is 18.2 Å². The molecule has 3 aliphatic carbocycles. The van der Waals surface area contributed by atoms with E-state index in [2.05, 4.69) is 4.90 Å². The van der Waals surface area contributed by atoms with Crippen LogP contribution in [0.5, 0.6) is 0 Å². The predicted octanol–water partition coefficient (Wildman–Crippen LogP) is 2.20. The lowest BCUT2D eigenvalue weighted by molar-refractivity contribution is -0.129. The average molecular weight is 251 g/mol. The summed E-state index contributed by atoms with van der Waals surface area (Å²) in [6.45, 7) is 3.06. The fraction of sp³-hybridized carbons (Fsp3) is 1.00. The third-order valence-electron chi connectivity index (χ3n) is 5.37. The summed E-state index contributed by atoms with van der Waals surface area (Å²) in [7, 11) is 0. The lowest BCUT2D eigenvalue weighted by Crippen LogP contribution is -2.56. The second kappa shape index (κ2) is 4.77. The van der Waals surface area contributed by atoms with Crippen LogP contribution in [0.1, 0.15) is 44.9 Å². The molecule has 0 unspecified atom stereocenters. The molecule has 18 heavy (non-hydrogen) atoms. The monoisotopic (exact) mass is 251 g/mol. The van der Waals surface area contributed by atoms with E-state index in [4.69, 9.17) is 9.47 Å². The molecule has 3 atom stereocenters. The molecule has 3 saturated carbocycles. The first-order chi connectivity index (χ1) is 8.92. The lowest BCUT2D eigenvalue weighted by Gasteiger charge is -2.46. The normalized spacial score (nSPS) is 41.7. The van der Waals surface area contributed by atoms with E-state index in [1.165, 1.54) is 44.9 Å². The molecule has 0 aromatic carbocycles. The number of ether oxygens (including phenoxy) is 2. The van der Waals surface area contributed by atoms with Gasteiger partial charge in [-0.15, -0.1) is 0 Å². The van der Waals surface area contributed by atoms with Crippen LogP contribution in [-0.4, -0.2) is 49.0 Å². The molecule has 1 heterocycles. The van der Waals surface area contributed by atoms with Crippen molar-refractivity contribution in [2.45, 2.75) is 69.2 Å². The lowest BCUT2D eigenvalue weighted by atomic mass is 9.89. The highest BCUT2D eigenvalue weighted by molar-refractivity contribution is 4.99. The molecule has 3 nitrogen and oxygen atoms in total. The first-order valence-electron chi connectivity index (χ1n) is 7.91. The Morgan fingerprint density at radius 2 is 1.94 bits per heavy atom. The molecule has 0 aromatic heterocycles. The van der Waals surface area contributed by atoms with Crippen molar-refractivity contribution < 1.29 is 9.47 Å². The number of rotatable bonds is 4. The van der Waals surface area contributed by atoms with E-state index in [9.17, 15) is 0 Å². The van der Waals surface area contributed by atoms with Gasteiger partial charge >= 0.3 is 0 Å². The quantitative estimate of drug-likeness (QED) is 0.764. The molecule has 4 aliphatic rings. The van der Waals surface area contributed by atoms with Gasteiger partial charge < -0.3 is 9.47 Å². The summed E-state index contributed by atoms with van der Waals surface area (Å²) in [6.07, 6.45) is 10.3. The van der Waals surface area contributed by atoms with Crippen molar-refractivity contribution in [1.29, 1.82) is 0 Å². The second-order valence-corrected chi connectivity index (χ2v) is 6.62. The van der Waals surface area contributed by atoms with Crippen molar-refractivity contribution in [3.8, 4) is 0 Å². The van der Waals surface area contributed by atoms with E-state index < -0.39 is 0 Å². The average Bonchev–Trinajstić information content (AvgIpc) is 3.05. The SMILES string of the molecule is C1CC(N2CCO[C@H]3[C@H](OCC4CC4)CC[C@@H]32)C1. The molecule has 1 aliphatic heterocycles. The van der Waals surface area contributed by atoms with Crippen molar-refractivity contribution in [2.75, 3.05) is 19.8 Å². The largest absolute Gasteiger partial charge is 0.375 e. The van der Waals surface area contributed by atoms with E-state index in [-0.39, 0.29) is 0 Å². The van der Waals surface area contributed by atoms with Crippen molar-refractivity contribution in [1.82, 2.24) is 4.90 Å².